The molecule has 1 aromatic heterocycles. The summed E-state index contributed by atoms with van der Waals surface area (Å²) in [4.78, 5) is 0. The second-order valence-corrected chi connectivity index (χ2v) is 4.72. The Labute approximate surface area is 116 Å². The van der Waals surface area contributed by atoms with Crippen LogP contribution in [0.15, 0.2) is 24.3 Å². The number of benzene rings is 1. The largest absolute Gasteiger partial charge is 0.383 e. The fourth-order valence-corrected chi connectivity index (χ4v) is 2.05. The first-order valence-corrected chi connectivity index (χ1v) is 6.37. The number of aromatic amines is 1. The molecule has 2 aromatic rings. The Bertz CT molecular complexity index is 561. The maximum absolute atomic E-state index is 5.86. The first-order valence-electron chi connectivity index (χ1n) is 5.58. The lowest BCUT2D eigenvalue weighted by Crippen LogP contribution is -2.09. The first-order chi connectivity index (χ1) is 8.70. The Kier molecular flexibility index (Phi) is 4.52. The first kappa shape index (κ1) is 13.3. The van der Waals surface area contributed by atoms with Crippen LogP contribution in [0.4, 0.5) is 0 Å². The molecule has 1 N–H and O–H groups in total. The van der Waals surface area contributed by atoms with Gasteiger partial charge in [-0.3, -0.25) is 5.10 Å². The van der Waals surface area contributed by atoms with Gasteiger partial charge in [0.1, 0.15) is 5.82 Å². The van der Waals surface area contributed by atoms with Crippen LogP contribution in [0.1, 0.15) is 11.4 Å². The number of methoxy groups -OCH3 is 1. The molecule has 0 bridgehead atoms. The lowest BCUT2D eigenvalue weighted by atomic mass is 10.1. The standard InChI is InChI=1S/C12H14ClN3OS/c1-17-7-6-16-11(14-15-12(16)18)8-9-2-4-10(13)5-3-9/h2-5H,6-8H2,1H3,(H,15,18). The summed E-state index contributed by atoms with van der Waals surface area (Å²) in [5, 5.41) is 7.79. The molecule has 0 aliphatic heterocycles. The molecule has 0 unspecified atom stereocenters. The fraction of sp³-hybridized carbons (Fsp3) is 0.333. The Hall–Kier alpha value is -1.17. The topological polar surface area (TPSA) is 42.8 Å². The van der Waals surface area contributed by atoms with Crippen molar-refractivity contribution in [1.82, 2.24) is 14.8 Å². The highest BCUT2D eigenvalue weighted by atomic mass is 35.5. The van der Waals surface area contributed by atoms with E-state index in [1.807, 2.05) is 28.8 Å². The van der Waals surface area contributed by atoms with Gasteiger partial charge in [0, 0.05) is 25.1 Å². The van der Waals surface area contributed by atoms with Gasteiger partial charge in [-0.1, -0.05) is 23.7 Å². The molecule has 0 fully saturated rings. The summed E-state index contributed by atoms with van der Waals surface area (Å²) >= 11 is 11.0. The van der Waals surface area contributed by atoms with Crippen molar-refractivity contribution in [1.29, 1.82) is 0 Å². The van der Waals surface area contributed by atoms with Crippen molar-refractivity contribution >= 4 is 23.8 Å². The van der Waals surface area contributed by atoms with Crippen LogP contribution in [0.5, 0.6) is 0 Å². The number of ether oxygens (including phenoxy) is 1. The number of nitrogens with one attached hydrogen (secondary N) is 1. The van der Waals surface area contributed by atoms with E-state index in [1.165, 1.54) is 0 Å². The van der Waals surface area contributed by atoms with Crippen LogP contribution >= 0.6 is 23.8 Å². The highest BCUT2D eigenvalue weighted by molar-refractivity contribution is 7.71. The number of H-pyrrole nitrogens is 1. The summed E-state index contributed by atoms with van der Waals surface area (Å²) < 4.78 is 7.64. The van der Waals surface area contributed by atoms with E-state index in [4.69, 9.17) is 28.6 Å². The van der Waals surface area contributed by atoms with E-state index in [0.29, 0.717) is 24.3 Å². The van der Waals surface area contributed by atoms with E-state index in [9.17, 15) is 0 Å². The highest BCUT2D eigenvalue weighted by Gasteiger charge is 2.06. The zero-order chi connectivity index (χ0) is 13.0. The van der Waals surface area contributed by atoms with Gasteiger partial charge in [-0.05, 0) is 29.9 Å². The lowest BCUT2D eigenvalue weighted by molar-refractivity contribution is 0.186. The minimum absolute atomic E-state index is 0.613. The molecule has 0 saturated carbocycles. The van der Waals surface area contributed by atoms with Gasteiger partial charge in [0.15, 0.2) is 4.77 Å². The van der Waals surface area contributed by atoms with E-state index in [2.05, 4.69) is 10.2 Å². The van der Waals surface area contributed by atoms with Gasteiger partial charge >= 0.3 is 0 Å². The minimum Gasteiger partial charge on any atom is -0.383 e. The molecular weight excluding hydrogens is 270 g/mol. The summed E-state index contributed by atoms with van der Waals surface area (Å²) in [7, 11) is 1.67. The minimum atomic E-state index is 0.613. The molecular formula is C12H14ClN3OS. The molecule has 6 heteroatoms. The number of hydrogen-bond donors (Lipinski definition) is 1. The van der Waals surface area contributed by atoms with Gasteiger partial charge in [-0.2, -0.15) is 5.10 Å². The molecule has 0 amide bonds. The zero-order valence-corrected chi connectivity index (χ0v) is 11.6. The van der Waals surface area contributed by atoms with Gasteiger partial charge in [-0.15, -0.1) is 0 Å². The second kappa shape index (κ2) is 6.13. The molecule has 4 nitrogen and oxygen atoms in total. The van der Waals surface area contributed by atoms with Gasteiger partial charge in [0.2, 0.25) is 0 Å². The lowest BCUT2D eigenvalue weighted by Gasteiger charge is -2.06. The van der Waals surface area contributed by atoms with Crippen LogP contribution in [0, 0.1) is 4.77 Å². The predicted octanol–water partition coefficient (Wildman–Crippen LogP) is 2.83. The van der Waals surface area contributed by atoms with Crippen molar-refractivity contribution < 1.29 is 4.74 Å². The zero-order valence-electron chi connectivity index (χ0n) is 10.0. The molecule has 2 rings (SSSR count). The van der Waals surface area contributed by atoms with E-state index in [0.717, 1.165) is 16.4 Å². The van der Waals surface area contributed by atoms with Crippen LogP contribution in [0.25, 0.3) is 0 Å². The quantitative estimate of drug-likeness (QED) is 0.858. The number of aromatic nitrogens is 3. The Morgan fingerprint density at radius 3 is 2.78 bits per heavy atom. The van der Waals surface area contributed by atoms with E-state index >= 15 is 0 Å². The van der Waals surface area contributed by atoms with Crippen LogP contribution in [-0.4, -0.2) is 28.5 Å². The third-order valence-electron chi connectivity index (χ3n) is 2.63. The van der Waals surface area contributed by atoms with Crippen molar-refractivity contribution in [2.24, 2.45) is 0 Å². The molecule has 18 heavy (non-hydrogen) atoms. The van der Waals surface area contributed by atoms with E-state index in [1.54, 1.807) is 7.11 Å². The smallest absolute Gasteiger partial charge is 0.195 e. The van der Waals surface area contributed by atoms with Gasteiger partial charge < -0.3 is 9.30 Å². The normalized spacial score (nSPS) is 10.8. The summed E-state index contributed by atoms with van der Waals surface area (Å²) in [6.45, 7) is 1.32. The maximum atomic E-state index is 5.86. The molecule has 0 aliphatic rings. The fourth-order valence-electron chi connectivity index (χ4n) is 1.68. The van der Waals surface area contributed by atoms with Crippen molar-refractivity contribution in [2.45, 2.75) is 13.0 Å². The highest BCUT2D eigenvalue weighted by Crippen LogP contribution is 2.12. The van der Waals surface area contributed by atoms with E-state index in [-0.39, 0.29) is 0 Å². The maximum Gasteiger partial charge on any atom is 0.195 e. The molecule has 0 spiro atoms. The molecule has 0 radical (unpaired) electrons. The van der Waals surface area contributed by atoms with Crippen LogP contribution < -0.4 is 0 Å². The van der Waals surface area contributed by atoms with Gasteiger partial charge in [-0.25, -0.2) is 0 Å². The summed E-state index contributed by atoms with van der Waals surface area (Å²) in [5.41, 5.74) is 1.15. The number of nitrogens with zero attached hydrogens (tertiary/aromatic N) is 2. The second-order valence-electron chi connectivity index (χ2n) is 3.89. The Balaban J connectivity index is 2.18. The average Bonchev–Trinajstić information content (AvgIpc) is 2.71. The van der Waals surface area contributed by atoms with Crippen molar-refractivity contribution in [3.05, 3.63) is 45.4 Å². The monoisotopic (exact) mass is 283 g/mol. The molecule has 0 aliphatic carbocycles. The van der Waals surface area contributed by atoms with E-state index < -0.39 is 0 Å². The van der Waals surface area contributed by atoms with Crippen LogP contribution in [-0.2, 0) is 17.7 Å². The molecule has 1 heterocycles. The molecule has 0 atom stereocenters. The third-order valence-corrected chi connectivity index (χ3v) is 3.20. The number of halogens is 1. The molecule has 1 aromatic carbocycles. The molecule has 96 valence electrons. The average molecular weight is 284 g/mol. The number of hydrogen-bond acceptors (Lipinski definition) is 3. The Morgan fingerprint density at radius 1 is 1.39 bits per heavy atom. The summed E-state index contributed by atoms with van der Waals surface area (Å²) in [6, 6.07) is 7.72. The predicted molar refractivity (Wildman–Crippen MR) is 73.5 cm³/mol. The van der Waals surface area contributed by atoms with Crippen LogP contribution in [0.2, 0.25) is 5.02 Å². The number of rotatable bonds is 5. The van der Waals surface area contributed by atoms with Crippen LogP contribution in [0.3, 0.4) is 0 Å². The van der Waals surface area contributed by atoms with Gasteiger partial charge in [0.05, 0.1) is 6.61 Å². The molecule has 0 saturated heterocycles. The summed E-state index contributed by atoms with van der Waals surface area (Å²) in [6.07, 6.45) is 0.716. The van der Waals surface area contributed by atoms with Crippen molar-refractivity contribution in [3.8, 4) is 0 Å². The summed E-state index contributed by atoms with van der Waals surface area (Å²) in [5.74, 6) is 0.902. The third kappa shape index (κ3) is 3.19. The Morgan fingerprint density at radius 2 is 2.11 bits per heavy atom. The SMILES string of the molecule is COCCn1c(Cc2ccc(Cl)cc2)n[nH]c1=S. The van der Waals surface area contributed by atoms with Crippen molar-refractivity contribution in [3.63, 3.8) is 0 Å². The van der Waals surface area contributed by atoms with Gasteiger partial charge in [0.25, 0.3) is 0 Å². The van der Waals surface area contributed by atoms with Crippen molar-refractivity contribution in [2.75, 3.05) is 13.7 Å².